The standard InChI is InChI=1S/C27H36F3N3O4S/c1-17(34)13-32-10-9-20(14-32)37-22-8-7-18(27(28,29)30)12-21(22)24(35)31-25-33(15-19-6-5-11-36-19)16-23(38-25)26(2,3)4/h7-8,12,16-17,19-20,34H,5-6,9-11,13-15H2,1-4H3/t17-,19+,20-/m0/s1. The van der Waals surface area contributed by atoms with Crippen molar-refractivity contribution in [1.82, 2.24) is 9.47 Å². The third-order valence-corrected chi connectivity index (χ3v) is 8.11. The van der Waals surface area contributed by atoms with E-state index in [4.69, 9.17) is 9.47 Å². The van der Waals surface area contributed by atoms with Crippen LogP contribution in [0, 0.1) is 0 Å². The van der Waals surface area contributed by atoms with E-state index < -0.39 is 23.8 Å². The van der Waals surface area contributed by atoms with E-state index in [-0.39, 0.29) is 28.9 Å². The van der Waals surface area contributed by atoms with Crippen molar-refractivity contribution in [3.8, 4) is 5.75 Å². The Hall–Kier alpha value is -2.21. The molecule has 2 aliphatic heterocycles. The highest BCUT2D eigenvalue weighted by molar-refractivity contribution is 7.09. The molecule has 210 valence electrons. The van der Waals surface area contributed by atoms with Crippen molar-refractivity contribution in [2.75, 3.05) is 26.2 Å². The van der Waals surface area contributed by atoms with Gasteiger partial charge >= 0.3 is 6.18 Å². The molecular weight excluding hydrogens is 519 g/mol. The molecule has 11 heteroatoms. The summed E-state index contributed by atoms with van der Waals surface area (Å²) < 4.78 is 54.4. The van der Waals surface area contributed by atoms with Crippen molar-refractivity contribution in [1.29, 1.82) is 0 Å². The maximum absolute atomic E-state index is 13.6. The molecule has 1 aromatic carbocycles. The van der Waals surface area contributed by atoms with Gasteiger partial charge in [0.1, 0.15) is 11.9 Å². The quantitative estimate of drug-likeness (QED) is 0.540. The van der Waals surface area contributed by atoms with Crippen LogP contribution in [0.15, 0.2) is 29.4 Å². The fourth-order valence-electron chi connectivity index (χ4n) is 4.69. The van der Waals surface area contributed by atoms with Crippen LogP contribution < -0.4 is 9.54 Å². The second kappa shape index (κ2) is 11.5. The first-order valence-electron chi connectivity index (χ1n) is 13.0. The summed E-state index contributed by atoms with van der Waals surface area (Å²) in [5.41, 5.74) is -1.34. The lowest BCUT2D eigenvalue weighted by molar-refractivity contribution is -0.137. The Morgan fingerprint density at radius 2 is 2.05 bits per heavy atom. The number of hydrogen-bond donors (Lipinski definition) is 1. The molecule has 0 unspecified atom stereocenters. The van der Waals surface area contributed by atoms with Crippen LogP contribution in [-0.2, 0) is 22.9 Å². The summed E-state index contributed by atoms with van der Waals surface area (Å²) in [6.07, 6.45) is -0.954. The molecule has 1 aromatic heterocycles. The number of benzene rings is 1. The monoisotopic (exact) mass is 555 g/mol. The summed E-state index contributed by atoms with van der Waals surface area (Å²) in [5, 5.41) is 9.66. The Morgan fingerprint density at radius 3 is 2.68 bits per heavy atom. The smallest absolute Gasteiger partial charge is 0.416 e. The minimum Gasteiger partial charge on any atom is -0.488 e. The molecule has 1 N–H and O–H groups in total. The number of amides is 1. The van der Waals surface area contributed by atoms with Crippen LogP contribution in [0.5, 0.6) is 5.75 Å². The second-order valence-corrected chi connectivity index (χ2v) is 12.2. The summed E-state index contributed by atoms with van der Waals surface area (Å²) >= 11 is 1.35. The third kappa shape index (κ3) is 7.25. The Balaban J connectivity index is 1.68. The number of aliphatic hydroxyl groups is 1. The molecule has 2 fully saturated rings. The number of hydrogen-bond acceptors (Lipinski definition) is 6. The molecule has 38 heavy (non-hydrogen) atoms. The van der Waals surface area contributed by atoms with Gasteiger partial charge in [-0.05, 0) is 49.8 Å². The number of carbonyl (C=O) groups is 1. The number of carbonyl (C=O) groups excluding carboxylic acids is 1. The number of alkyl halides is 3. The van der Waals surface area contributed by atoms with Crippen molar-refractivity contribution < 1.29 is 32.5 Å². The average molecular weight is 556 g/mol. The van der Waals surface area contributed by atoms with Gasteiger partial charge in [0.05, 0.1) is 29.9 Å². The topological polar surface area (TPSA) is 76.3 Å². The van der Waals surface area contributed by atoms with Gasteiger partial charge in [-0.1, -0.05) is 20.8 Å². The number of β-amino-alcohol motifs (C(OH)–C–C–N with tert-alkyl or cyclic N) is 1. The van der Waals surface area contributed by atoms with E-state index in [1.165, 1.54) is 17.4 Å². The van der Waals surface area contributed by atoms with Crippen LogP contribution >= 0.6 is 11.3 Å². The fraction of sp³-hybridized carbons (Fsp3) is 0.630. The van der Waals surface area contributed by atoms with E-state index in [9.17, 15) is 23.1 Å². The van der Waals surface area contributed by atoms with Crippen LogP contribution in [-0.4, -0.2) is 65.0 Å². The number of aliphatic hydroxyl groups excluding tert-OH is 1. The molecule has 4 rings (SSSR count). The number of halogens is 3. The SMILES string of the molecule is C[C@H](O)CN1CC[C@H](Oc2ccc(C(F)(F)F)cc2C(=O)N=c2sc(C(C)(C)C)cn2C[C@H]2CCCO2)C1. The number of aromatic nitrogens is 1. The zero-order chi connectivity index (χ0) is 27.7. The van der Waals surface area contributed by atoms with Crippen molar-refractivity contribution in [3.05, 3.63) is 45.2 Å². The van der Waals surface area contributed by atoms with Crippen LogP contribution in [0.3, 0.4) is 0 Å². The van der Waals surface area contributed by atoms with Crippen LogP contribution in [0.1, 0.15) is 67.8 Å². The summed E-state index contributed by atoms with van der Waals surface area (Å²) in [5.74, 6) is -0.706. The van der Waals surface area contributed by atoms with Gasteiger partial charge in [0.2, 0.25) is 0 Å². The number of thiazole rings is 1. The second-order valence-electron chi connectivity index (χ2n) is 11.2. The Bertz CT molecular complexity index is 1190. The summed E-state index contributed by atoms with van der Waals surface area (Å²) in [7, 11) is 0. The Kier molecular flexibility index (Phi) is 8.71. The molecule has 2 saturated heterocycles. The lowest BCUT2D eigenvalue weighted by Gasteiger charge is -2.19. The van der Waals surface area contributed by atoms with E-state index in [1.807, 2.05) is 15.7 Å². The molecule has 2 aliphatic rings. The third-order valence-electron chi connectivity index (χ3n) is 6.66. The van der Waals surface area contributed by atoms with Gasteiger partial charge < -0.3 is 19.1 Å². The predicted octanol–water partition coefficient (Wildman–Crippen LogP) is 4.62. The normalized spacial score (nSPS) is 22.3. The molecule has 1 amide bonds. The highest BCUT2D eigenvalue weighted by atomic mass is 32.1. The first-order valence-corrected chi connectivity index (χ1v) is 13.8. The zero-order valence-corrected chi connectivity index (χ0v) is 23.1. The molecular formula is C27H36F3N3O4S. The van der Waals surface area contributed by atoms with Crippen LogP contribution in [0.25, 0.3) is 0 Å². The first-order chi connectivity index (χ1) is 17.8. The van der Waals surface area contributed by atoms with Gasteiger partial charge in [-0.3, -0.25) is 9.69 Å². The molecule has 0 aliphatic carbocycles. The molecule has 3 atom stereocenters. The Labute approximate surface area is 224 Å². The largest absolute Gasteiger partial charge is 0.488 e. The van der Waals surface area contributed by atoms with E-state index in [1.54, 1.807) is 6.92 Å². The van der Waals surface area contributed by atoms with E-state index >= 15 is 0 Å². The Morgan fingerprint density at radius 1 is 1.29 bits per heavy atom. The lowest BCUT2D eigenvalue weighted by atomic mass is 9.95. The highest BCUT2D eigenvalue weighted by Gasteiger charge is 2.33. The summed E-state index contributed by atoms with van der Waals surface area (Å²) in [6, 6.07) is 2.96. The van der Waals surface area contributed by atoms with Gasteiger partial charge in [0.25, 0.3) is 5.91 Å². The molecule has 7 nitrogen and oxygen atoms in total. The number of ether oxygens (including phenoxy) is 2. The van der Waals surface area contributed by atoms with Gasteiger partial charge in [-0.25, -0.2) is 0 Å². The summed E-state index contributed by atoms with van der Waals surface area (Å²) in [4.78, 5) is 21.2. The van der Waals surface area contributed by atoms with E-state index in [0.29, 0.717) is 44.0 Å². The average Bonchev–Trinajstić information content (AvgIpc) is 3.55. The van der Waals surface area contributed by atoms with Crippen LogP contribution in [0.2, 0.25) is 0 Å². The minimum atomic E-state index is -4.61. The van der Waals surface area contributed by atoms with Crippen molar-refractivity contribution in [2.24, 2.45) is 4.99 Å². The fourth-order valence-corrected chi connectivity index (χ4v) is 5.74. The van der Waals surface area contributed by atoms with E-state index in [2.05, 4.69) is 25.8 Å². The summed E-state index contributed by atoms with van der Waals surface area (Å²) in [6.45, 7) is 10.8. The van der Waals surface area contributed by atoms with Crippen molar-refractivity contribution in [2.45, 2.75) is 83.4 Å². The van der Waals surface area contributed by atoms with Gasteiger partial charge in [0.15, 0.2) is 4.80 Å². The molecule has 0 spiro atoms. The first kappa shape index (κ1) is 28.8. The van der Waals surface area contributed by atoms with Gasteiger partial charge in [0, 0.05) is 37.3 Å². The van der Waals surface area contributed by atoms with Crippen molar-refractivity contribution >= 4 is 17.2 Å². The molecule has 0 saturated carbocycles. The molecule has 0 bridgehead atoms. The van der Waals surface area contributed by atoms with E-state index in [0.717, 1.165) is 29.9 Å². The molecule has 0 radical (unpaired) electrons. The van der Waals surface area contributed by atoms with Gasteiger partial charge in [-0.15, -0.1) is 11.3 Å². The number of nitrogens with zero attached hydrogens (tertiary/aromatic N) is 3. The lowest BCUT2D eigenvalue weighted by Crippen LogP contribution is -2.31. The maximum atomic E-state index is 13.6. The highest BCUT2D eigenvalue weighted by Crippen LogP contribution is 2.34. The zero-order valence-electron chi connectivity index (χ0n) is 22.3. The number of likely N-dealkylation sites (tertiary alicyclic amines) is 1. The minimum absolute atomic E-state index is 0.00544. The maximum Gasteiger partial charge on any atom is 0.416 e. The van der Waals surface area contributed by atoms with Crippen LogP contribution in [0.4, 0.5) is 13.2 Å². The van der Waals surface area contributed by atoms with Gasteiger partial charge in [-0.2, -0.15) is 18.2 Å². The number of rotatable bonds is 7. The van der Waals surface area contributed by atoms with Crippen molar-refractivity contribution in [3.63, 3.8) is 0 Å². The molecule has 2 aromatic rings. The predicted molar refractivity (Wildman–Crippen MR) is 138 cm³/mol. The molecule has 3 heterocycles.